The Morgan fingerprint density at radius 2 is 1.66 bits per heavy atom. The summed E-state index contributed by atoms with van der Waals surface area (Å²) in [4.78, 5) is 17.0. The minimum atomic E-state index is -1.91. The smallest absolute Gasteiger partial charge is 0.261 e. The molecule has 0 atom stereocenters. The number of hydrogen-bond donors (Lipinski definition) is 1. The second-order valence-electron chi connectivity index (χ2n) is 6.42. The lowest BCUT2D eigenvalue weighted by molar-refractivity contribution is 0.101. The van der Waals surface area contributed by atoms with Crippen molar-refractivity contribution in [1.82, 2.24) is 4.98 Å². The number of benzene rings is 3. The number of para-hydroxylation sites is 1. The van der Waals surface area contributed by atoms with Crippen molar-refractivity contribution in [3.8, 4) is 16.3 Å². The Hall–Kier alpha value is -2.88. The number of carbonyl (C=O) groups excluding carboxylic acids is 1. The van der Waals surface area contributed by atoms with Gasteiger partial charge in [-0.15, -0.1) is 11.3 Å². The van der Waals surface area contributed by atoms with Crippen LogP contribution in [0.2, 0.25) is 10.0 Å². The van der Waals surface area contributed by atoms with Crippen molar-refractivity contribution >= 4 is 56.3 Å². The van der Waals surface area contributed by atoms with E-state index in [0.717, 1.165) is 17.3 Å². The summed E-state index contributed by atoms with van der Waals surface area (Å²) in [5.74, 6) is -10.2. The average molecular weight is 501 g/mol. The highest BCUT2D eigenvalue weighted by Gasteiger charge is 2.30. The van der Waals surface area contributed by atoms with Crippen molar-refractivity contribution in [2.24, 2.45) is 0 Å². The molecule has 0 aliphatic carbocycles. The molecule has 0 aliphatic heterocycles. The first-order valence-electron chi connectivity index (χ1n) is 8.79. The van der Waals surface area contributed by atoms with Gasteiger partial charge in [-0.25, -0.2) is 13.8 Å². The Morgan fingerprint density at radius 1 is 1.00 bits per heavy atom. The van der Waals surface area contributed by atoms with Crippen LogP contribution in [0.25, 0.3) is 20.8 Å². The van der Waals surface area contributed by atoms with Gasteiger partial charge in [0.15, 0.2) is 17.4 Å². The fourth-order valence-electron chi connectivity index (χ4n) is 2.97. The third-order valence-electron chi connectivity index (χ3n) is 4.48. The van der Waals surface area contributed by atoms with Crippen molar-refractivity contribution < 1.29 is 27.1 Å². The Labute approximate surface area is 192 Å². The van der Waals surface area contributed by atoms with Gasteiger partial charge in [-0.1, -0.05) is 35.3 Å². The average Bonchev–Trinajstić information content (AvgIpc) is 3.19. The van der Waals surface area contributed by atoms with Crippen LogP contribution in [0, 0.1) is 23.3 Å². The first kappa shape index (κ1) is 22.3. The van der Waals surface area contributed by atoms with Crippen LogP contribution >= 0.6 is 34.5 Å². The van der Waals surface area contributed by atoms with Crippen molar-refractivity contribution in [3.05, 3.63) is 75.3 Å². The topological polar surface area (TPSA) is 51.2 Å². The van der Waals surface area contributed by atoms with Gasteiger partial charge in [0.25, 0.3) is 5.91 Å². The molecule has 164 valence electrons. The maximum absolute atomic E-state index is 14.3. The molecule has 4 aromatic rings. The summed E-state index contributed by atoms with van der Waals surface area (Å²) >= 11 is 13.7. The second-order valence-corrected chi connectivity index (χ2v) is 8.26. The normalized spacial score (nSPS) is 11.1. The number of aromatic nitrogens is 1. The largest absolute Gasteiger partial charge is 0.491 e. The summed E-state index contributed by atoms with van der Waals surface area (Å²) < 4.78 is 61.7. The molecule has 1 heterocycles. The van der Waals surface area contributed by atoms with Gasteiger partial charge < -0.3 is 10.1 Å². The zero-order chi connectivity index (χ0) is 23.2. The fourth-order valence-corrected chi connectivity index (χ4v) is 4.54. The van der Waals surface area contributed by atoms with Crippen LogP contribution in [0.1, 0.15) is 10.4 Å². The van der Waals surface area contributed by atoms with E-state index in [1.807, 2.05) is 18.2 Å². The lowest BCUT2D eigenvalue weighted by atomic mass is 10.1. The van der Waals surface area contributed by atoms with E-state index in [4.69, 9.17) is 23.2 Å². The molecule has 0 bridgehead atoms. The molecule has 1 aromatic heterocycles. The molecule has 3 aromatic carbocycles. The zero-order valence-electron chi connectivity index (χ0n) is 15.9. The molecule has 0 aliphatic rings. The van der Waals surface area contributed by atoms with Crippen molar-refractivity contribution in [2.45, 2.75) is 0 Å². The van der Waals surface area contributed by atoms with Crippen LogP contribution in [0.3, 0.4) is 0 Å². The molecular weight excluding hydrogens is 491 g/mol. The molecule has 0 saturated carbocycles. The third-order valence-corrected chi connectivity index (χ3v) is 6.18. The molecular formula is C21H10Cl2F4N2O2S. The number of ether oxygens (including phenoxy) is 1. The molecule has 0 radical (unpaired) electrons. The van der Waals surface area contributed by atoms with Gasteiger partial charge in [0.1, 0.15) is 10.6 Å². The number of methoxy groups -OCH3 is 1. The number of anilines is 1. The van der Waals surface area contributed by atoms with Crippen LogP contribution in [-0.4, -0.2) is 18.0 Å². The number of thiazole rings is 1. The summed E-state index contributed by atoms with van der Waals surface area (Å²) in [6, 6.07) is 9.99. The van der Waals surface area contributed by atoms with Gasteiger partial charge in [0.2, 0.25) is 11.6 Å². The minimum absolute atomic E-state index is 0.0662. The maximum atomic E-state index is 14.3. The van der Waals surface area contributed by atoms with Crippen LogP contribution in [0.5, 0.6) is 5.75 Å². The predicted octanol–water partition coefficient (Wildman–Crippen LogP) is 7.09. The Kier molecular flexibility index (Phi) is 5.98. The van der Waals surface area contributed by atoms with Crippen molar-refractivity contribution in [1.29, 1.82) is 0 Å². The van der Waals surface area contributed by atoms with E-state index < -0.39 is 40.5 Å². The van der Waals surface area contributed by atoms with Crippen molar-refractivity contribution in [2.75, 3.05) is 12.4 Å². The number of rotatable bonds is 4. The van der Waals surface area contributed by atoms with Gasteiger partial charge in [0.05, 0.1) is 33.1 Å². The van der Waals surface area contributed by atoms with Crippen molar-refractivity contribution in [3.63, 3.8) is 0 Å². The van der Waals surface area contributed by atoms with Crippen LogP contribution in [0.15, 0.2) is 36.4 Å². The zero-order valence-corrected chi connectivity index (χ0v) is 18.2. The molecule has 11 heteroatoms. The first-order chi connectivity index (χ1) is 15.2. The van der Waals surface area contributed by atoms with E-state index in [1.54, 1.807) is 6.07 Å². The number of halogens is 6. The van der Waals surface area contributed by atoms with Crippen LogP contribution in [0.4, 0.5) is 23.2 Å². The minimum Gasteiger partial charge on any atom is -0.491 e. The van der Waals surface area contributed by atoms with Gasteiger partial charge in [-0.2, -0.15) is 8.78 Å². The van der Waals surface area contributed by atoms with Gasteiger partial charge >= 0.3 is 0 Å². The molecule has 4 nitrogen and oxygen atoms in total. The highest BCUT2D eigenvalue weighted by Crippen LogP contribution is 2.39. The number of nitrogens with one attached hydrogen (secondary N) is 1. The van der Waals surface area contributed by atoms with Gasteiger partial charge in [-0.3, -0.25) is 4.79 Å². The quantitative estimate of drug-likeness (QED) is 0.240. The predicted molar refractivity (Wildman–Crippen MR) is 116 cm³/mol. The van der Waals surface area contributed by atoms with E-state index in [2.05, 4.69) is 15.0 Å². The molecule has 0 fully saturated rings. The lowest BCUT2D eigenvalue weighted by Crippen LogP contribution is -2.19. The SMILES string of the molecule is COc1c(F)c(F)c(C(=O)Nc2cc(-c3nc4ccccc4s3)c(Cl)cc2Cl)c(F)c1F. The highest BCUT2D eigenvalue weighted by atomic mass is 35.5. The molecule has 1 N–H and O–H groups in total. The highest BCUT2D eigenvalue weighted by molar-refractivity contribution is 7.21. The number of amides is 1. The molecule has 4 rings (SSSR count). The fraction of sp³-hybridized carbons (Fsp3) is 0.0476. The maximum Gasteiger partial charge on any atom is 0.261 e. The van der Waals surface area contributed by atoms with E-state index in [-0.39, 0.29) is 15.7 Å². The van der Waals surface area contributed by atoms with Crippen LogP contribution < -0.4 is 10.1 Å². The molecule has 0 spiro atoms. The summed E-state index contributed by atoms with van der Waals surface area (Å²) in [6.07, 6.45) is 0. The standard InChI is InChI=1S/C21H10Cl2F4N2O2S/c1-31-19-17(26)15(24)14(16(25)18(19)27)20(30)28-12-6-8(9(22)7-10(12)23)21-29-11-4-2-3-5-13(11)32-21/h2-7H,1H3,(H,28,30). The molecule has 0 saturated heterocycles. The molecule has 0 unspecified atom stereocenters. The Bertz CT molecular complexity index is 1330. The van der Waals surface area contributed by atoms with Gasteiger partial charge in [-0.05, 0) is 24.3 Å². The van der Waals surface area contributed by atoms with E-state index in [1.165, 1.54) is 23.5 Å². The first-order valence-corrected chi connectivity index (χ1v) is 10.4. The number of carbonyl (C=O) groups is 1. The van der Waals surface area contributed by atoms with Gasteiger partial charge in [0, 0.05) is 5.56 Å². The summed E-state index contributed by atoms with van der Waals surface area (Å²) in [6.45, 7) is 0. The number of fused-ring (bicyclic) bond motifs is 1. The summed E-state index contributed by atoms with van der Waals surface area (Å²) in [7, 11) is 0.831. The second kappa shape index (κ2) is 8.57. The Balaban J connectivity index is 1.76. The lowest BCUT2D eigenvalue weighted by Gasteiger charge is -2.13. The molecule has 1 amide bonds. The number of hydrogen-bond acceptors (Lipinski definition) is 4. The Morgan fingerprint density at radius 3 is 2.28 bits per heavy atom. The van der Waals surface area contributed by atoms with E-state index in [9.17, 15) is 22.4 Å². The third kappa shape index (κ3) is 3.76. The summed E-state index contributed by atoms with van der Waals surface area (Å²) in [5.41, 5.74) is -0.447. The number of nitrogens with zero attached hydrogens (tertiary/aromatic N) is 1. The molecule has 32 heavy (non-hydrogen) atoms. The van der Waals surface area contributed by atoms with E-state index >= 15 is 0 Å². The summed E-state index contributed by atoms with van der Waals surface area (Å²) in [5, 5.41) is 2.81. The monoisotopic (exact) mass is 500 g/mol. The van der Waals surface area contributed by atoms with E-state index in [0.29, 0.717) is 10.6 Å². The van der Waals surface area contributed by atoms with Crippen LogP contribution in [-0.2, 0) is 0 Å².